The molecule has 1 saturated carbocycles. The van der Waals surface area contributed by atoms with E-state index in [0.717, 1.165) is 19.4 Å². The molecule has 1 aliphatic carbocycles. The van der Waals surface area contributed by atoms with E-state index in [0.29, 0.717) is 17.3 Å². The summed E-state index contributed by atoms with van der Waals surface area (Å²) in [6.07, 6.45) is 4.80. The van der Waals surface area contributed by atoms with Crippen molar-refractivity contribution in [1.82, 2.24) is 0 Å². The maximum atomic E-state index is 14.1. The Morgan fingerprint density at radius 2 is 2.11 bits per heavy atom. The Morgan fingerprint density at radius 1 is 1.44 bits per heavy atom. The maximum Gasteiger partial charge on any atom is 0.147 e. The Morgan fingerprint density at radius 3 is 2.61 bits per heavy atom. The molecule has 0 saturated heterocycles. The molecule has 1 aromatic rings. The predicted molar refractivity (Wildman–Crippen MR) is 77.6 cm³/mol. The molecule has 1 aliphatic rings. The fourth-order valence-electron chi connectivity index (χ4n) is 2.73. The summed E-state index contributed by atoms with van der Waals surface area (Å²) in [6, 6.07) is 5.51. The van der Waals surface area contributed by atoms with Crippen molar-refractivity contribution in [3.63, 3.8) is 0 Å². The molecule has 1 aromatic carbocycles. The van der Waals surface area contributed by atoms with Crippen LogP contribution in [0.15, 0.2) is 18.2 Å². The lowest BCUT2D eigenvalue weighted by atomic mass is 10.1. The first-order valence-corrected chi connectivity index (χ1v) is 6.90. The molecule has 0 aliphatic heterocycles. The minimum Gasteiger partial charge on any atom is -0.389 e. The molecular weight excluding hydrogens is 247 g/mol. The van der Waals surface area contributed by atoms with Crippen LogP contribution >= 0.6 is 12.2 Å². The highest BCUT2D eigenvalue weighted by Crippen LogP contribution is 2.30. The van der Waals surface area contributed by atoms with Gasteiger partial charge in [0, 0.05) is 18.2 Å². The van der Waals surface area contributed by atoms with Crippen LogP contribution in [0.3, 0.4) is 0 Å². The van der Waals surface area contributed by atoms with Gasteiger partial charge in [-0.15, -0.1) is 0 Å². The van der Waals surface area contributed by atoms with Crippen LogP contribution in [-0.2, 0) is 0 Å². The van der Waals surface area contributed by atoms with Crippen molar-refractivity contribution in [1.29, 1.82) is 0 Å². The topological polar surface area (TPSA) is 29.3 Å². The van der Waals surface area contributed by atoms with Crippen LogP contribution in [0.2, 0.25) is 0 Å². The van der Waals surface area contributed by atoms with Gasteiger partial charge in [-0.1, -0.05) is 25.1 Å². The van der Waals surface area contributed by atoms with Crippen molar-refractivity contribution < 1.29 is 4.39 Å². The molecule has 0 spiro atoms. The van der Waals surface area contributed by atoms with Gasteiger partial charge < -0.3 is 10.6 Å². The van der Waals surface area contributed by atoms with Gasteiger partial charge in [0.25, 0.3) is 0 Å². The van der Waals surface area contributed by atoms with Gasteiger partial charge in [-0.2, -0.15) is 0 Å². The molecule has 0 bridgehead atoms. The molecule has 2 nitrogen and oxygen atoms in total. The minimum atomic E-state index is -0.228. The van der Waals surface area contributed by atoms with E-state index in [9.17, 15) is 4.39 Å². The van der Waals surface area contributed by atoms with Crippen molar-refractivity contribution >= 4 is 22.9 Å². The van der Waals surface area contributed by atoms with Crippen molar-refractivity contribution in [3.8, 4) is 0 Å². The van der Waals surface area contributed by atoms with Crippen molar-refractivity contribution in [2.75, 3.05) is 11.4 Å². The molecule has 0 atom stereocenters. The Hall–Kier alpha value is -1.16. The molecule has 18 heavy (non-hydrogen) atoms. The molecule has 0 aromatic heterocycles. The molecule has 0 heterocycles. The number of anilines is 1. The Labute approximate surface area is 113 Å². The average Bonchev–Trinajstić information content (AvgIpc) is 2.85. The first-order valence-electron chi connectivity index (χ1n) is 6.49. The van der Waals surface area contributed by atoms with Crippen LogP contribution in [0.5, 0.6) is 0 Å². The smallest absolute Gasteiger partial charge is 0.147 e. The van der Waals surface area contributed by atoms with Crippen molar-refractivity contribution in [2.45, 2.75) is 38.6 Å². The molecule has 0 radical (unpaired) electrons. The number of rotatable bonds is 4. The standard InChI is InChI=1S/C14H19FN2S/c1-2-17(11-5-3-4-6-11)13-8-7-10(14(16)18)9-12(13)15/h7-9,11H,2-6H2,1H3,(H2,16,18). The zero-order chi connectivity index (χ0) is 13.1. The monoisotopic (exact) mass is 266 g/mol. The van der Waals surface area contributed by atoms with E-state index in [4.69, 9.17) is 18.0 Å². The number of hydrogen-bond donors (Lipinski definition) is 1. The van der Waals surface area contributed by atoms with Gasteiger partial charge in [0.2, 0.25) is 0 Å². The Balaban J connectivity index is 2.27. The summed E-state index contributed by atoms with van der Waals surface area (Å²) >= 11 is 4.86. The number of benzene rings is 1. The summed E-state index contributed by atoms with van der Waals surface area (Å²) in [7, 11) is 0. The van der Waals surface area contributed by atoms with Crippen LogP contribution in [0.4, 0.5) is 10.1 Å². The third-order valence-electron chi connectivity index (χ3n) is 3.65. The van der Waals surface area contributed by atoms with Crippen LogP contribution < -0.4 is 10.6 Å². The van der Waals surface area contributed by atoms with Crippen LogP contribution in [-0.4, -0.2) is 17.6 Å². The summed E-state index contributed by atoms with van der Waals surface area (Å²) in [5, 5.41) is 0. The summed E-state index contributed by atoms with van der Waals surface area (Å²) in [4.78, 5) is 2.40. The summed E-state index contributed by atoms with van der Waals surface area (Å²) in [5.41, 5.74) is 6.78. The summed E-state index contributed by atoms with van der Waals surface area (Å²) in [6.45, 7) is 2.90. The van der Waals surface area contributed by atoms with Gasteiger partial charge in [-0.3, -0.25) is 0 Å². The second-order valence-electron chi connectivity index (χ2n) is 4.75. The van der Waals surface area contributed by atoms with Gasteiger partial charge in [-0.05, 0) is 38.0 Å². The number of thiocarbonyl (C=S) groups is 1. The second kappa shape index (κ2) is 5.65. The van der Waals surface area contributed by atoms with E-state index in [-0.39, 0.29) is 10.8 Å². The number of nitrogens with zero attached hydrogens (tertiary/aromatic N) is 1. The lowest BCUT2D eigenvalue weighted by Gasteiger charge is -2.30. The first kappa shape index (κ1) is 13.3. The molecule has 0 amide bonds. The first-order chi connectivity index (χ1) is 8.63. The third-order valence-corrected chi connectivity index (χ3v) is 3.88. The molecule has 2 rings (SSSR count). The van der Waals surface area contributed by atoms with E-state index in [1.807, 2.05) is 0 Å². The molecule has 98 valence electrons. The molecule has 1 fully saturated rings. The SMILES string of the molecule is CCN(c1ccc(C(N)=S)cc1F)C1CCCC1. The number of halogens is 1. The normalized spacial score (nSPS) is 15.9. The van der Waals surface area contributed by atoms with E-state index >= 15 is 0 Å². The highest BCUT2D eigenvalue weighted by Gasteiger charge is 2.23. The van der Waals surface area contributed by atoms with E-state index < -0.39 is 0 Å². The number of nitrogens with two attached hydrogens (primary N) is 1. The molecular formula is C14H19FN2S. The second-order valence-corrected chi connectivity index (χ2v) is 5.19. The van der Waals surface area contributed by atoms with Crippen molar-refractivity contribution in [2.24, 2.45) is 5.73 Å². The van der Waals surface area contributed by atoms with Crippen molar-refractivity contribution in [3.05, 3.63) is 29.6 Å². The fourth-order valence-corrected chi connectivity index (χ4v) is 2.86. The van der Waals surface area contributed by atoms with Crippen LogP contribution in [0.1, 0.15) is 38.2 Å². The van der Waals surface area contributed by atoms with Crippen LogP contribution in [0, 0.1) is 5.82 Å². The van der Waals surface area contributed by atoms with Gasteiger partial charge >= 0.3 is 0 Å². The largest absolute Gasteiger partial charge is 0.389 e. The Bertz CT molecular complexity index is 441. The highest BCUT2D eigenvalue weighted by atomic mass is 32.1. The fraction of sp³-hybridized carbons (Fsp3) is 0.500. The minimum absolute atomic E-state index is 0.228. The molecule has 0 unspecified atom stereocenters. The quantitative estimate of drug-likeness (QED) is 0.848. The maximum absolute atomic E-state index is 14.1. The van der Waals surface area contributed by atoms with Crippen LogP contribution in [0.25, 0.3) is 0 Å². The van der Waals surface area contributed by atoms with Gasteiger partial charge in [-0.25, -0.2) is 4.39 Å². The Kier molecular flexibility index (Phi) is 4.17. The van der Waals surface area contributed by atoms with E-state index in [1.54, 1.807) is 12.1 Å². The predicted octanol–water partition coefficient (Wildman–Crippen LogP) is 3.23. The van der Waals surface area contributed by atoms with Gasteiger partial charge in [0.05, 0.1) is 5.69 Å². The molecule has 2 N–H and O–H groups in total. The summed E-state index contributed by atoms with van der Waals surface area (Å²) < 4.78 is 14.1. The zero-order valence-electron chi connectivity index (χ0n) is 10.7. The van der Waals surface area contributed by atoms with Gasteiger partial charge in [0.15, 0.2) is 0 Å². The zero-order valence-corrected chi connectivity index (χ0v) is 11.5. The summed E-state index contributed by atoms with van der Waals surface area (Å²) in [5.74, 6) is -0.228. The number of hydrogen-bond acceptors (Lipinski definition) is 2. The average molecular weight is 266 g/mol. The lowest BCUT2D eigenvalue weighted by molar-refractivity contribution is 0.578. The highest BCUT2D eigenvalue weighted by molar-refractivity contribution is 7.80. The third kappa shape index (κ3) is 2.64. The van der Waals surface area contributed by atoms with E-state index in [1.165, 1.54) is 18.9 Å². The van der Waals surface area contributed by atoms with E-state index in [2.05, 4.69) is 11.8 Å². The van der Waals surface area contributed by atoms with Gasteiger partial charge in [0.1, 0.15) is 10.8 Å². The lowest BCUT2D eigenvalue weighted by Crippen LogP contribution is -2.33. The molecule has 4 heteroatoms.